The summed E-state index contributed by atoms with van der Waals surface area (Å²) in [5.41, 5.74) is 5.59. The molecule has 0 aromatic heterocycles. The van der Waals surface area contributed by atoms with E-state index in [0.29, 0.717) is 24.3 Å². The molecule has 0 fully saturated rings. The fourth-order valence-corrected chi connectivity index (χ4v) is 2.96. The maximum absolute atomic E-state index is 12.6. The quantitative estimate of drug-likeness (QED) is 0.535. The maximum Gasteiger partial charge on any atom is 0.253 e. The fraction of sp³-hybridized carbons (Fsp3) is 0.200. The van der Waals surface area contributed by atoms with Crippen LogP contribution in [0, 0.1) is 13.8 Å². The lowest BCUT2D eigenvalue weighted by atomic mass is 10.1. The lowest BCUT2D eigenvalue weighted by molar-refractivity contribution is -0.119. The molecule has 0 aliphatic carbocycles. The zero-order valence-electron chi connectivity index (χ0n) is 17.4. The van der Waals surface area contributed by atoms with E-state index in [2.05, 4.69) is 16.0 Å². The Kier molecular flexibility index (Phi) is 7.22. The zero-order chi connectivity index (χ0) is 21.3. The molecule has 0 aliphatic rings. The van der Waals surface area contributed by atoms with Crippen LogP contribution in [-0.4, -0.2) is 18.4 Å². The summed E-state index contributed by atoms with van der Waals surface area (Å²) in [4.78, 5) is 24.8. The number of hydrogen-bond acceptors (Lipinski definition) is 3. The minimum absolute atomic E-state index is 0.0914. The molecule has 0 radical (unpaired) electrons. The number of para-hydroxylation sites is 1. The maximum atomic E-state index is 12.6. The van der Waals surface area contributed by atoms with Gasteiger partial charge in [-0.1, -0.05) is 71.8 Å². The van der Waals surface area contributed by atoms with E-state index < -0.39 is 0 Å². The van der Waals surface area contributed by atoms with Gasteiger partial charge in [0, 0.05) is 18.8 Å². The largest absolute Gasteiger partial charge is 0.376 e. The molecule has 2 amide bonds. The van der Waals surface area contributed by atoms with Crippen molar-refractivity contribution in [3.63, 3.8) is 0 Å². The van der Waals surface area contributed by atoms with Gasteiger partial charge < -0.3 is 16.0 Å². The third kappa shape index (κ3) is 6.21. The molecule has 0 bridgehead atoms. The van der Waals surface area contributed by atoms with Crippen LogP contribution in [0.3, 0.4) is 0 Å². The molecule has 0 aliphatic heterocycles. The number of benzene rings is 3. The molecule has 3 rings (SSSR count). The van der Waals surface area contributed by atoms with Gasteiger partial charge in [0.15, 0.2) is 0 Å². The molecule has 0 unspecified atom stereocenters. The number of hydrogen-bond donors (Lipinski definition) is 3. The number of rotatable bonds is 8. The minimum atomic E-state index is -0.182. The van der Waals surface area contributed by atoms with E-state index in [1.807, 2.05) is 74.5 Å². The van der Waals surface area contributed by atoms with Crippen molar-refractivity contribution in [2.45, 2.75) is 26.9 Å². The summed E-state index contributed by atoms with van der Waals surface area (Å²) in [7, 11) is 0. The number of nitrogens with one attached hydrogen (secondary N) is 3. The smallest absolute Gasteiger partial charge is 0.253 e. The molecule has 3 aromatic rings. The predicted octanol–water partition coefficient (Wildman–Crippen LogP) is 3.96. The summed E-state index contributed by atoms with van der Waals surface area (Å²) in [5.74, 6) is -0.316. The third-order valence-electron chi connectivity index (χ3n) is 4.80. The summed E-state index contributed by atoms with van der Waals surface area (Å²) in [6, 6.07) is 23.3. The number of aryl methyl sites for hydroxylation is 2. The second kappa shape index (κ2) is 10.3. The highest BCUT2D eigenvalue weighted by Gasteiger charge is 2.11. The van der Waals surface area contributed by atoms with Gasteiger partial charge in [0.1, 0.15) is 0 Å². The second-order valence-electron chi connectivity index (χ2n) is 7.33. The van der Waals surface area contributed by atoms with Gasteiger partial charge in [-0.05, 0) is 37.1 Å². The van der Waals surface area contributed by atoms with Crippen LogP contribution in [0.5, 0.6) is 0 Å². The monoisotopic (exact) mass is 401 g/mol. The van der Waals surface area contributed by atoms with E-state index in [1.54, 1.807) is 12.1 Å². The van der Waals surface area contributed by atoms with Gasteiger partial charge in [0.2, 0.25) is 5.91 Å². The Balaban J connectivity index is 1.52. The summed E-state index contributed by atoms with van der Waals surface area (Å²) >= 11 is 0. The Morgan fingerprint density at radius 1 is 0.700 bits per heavy atom. The first kappa shape index (κ1) is 21.1. The van der Waals surface area contributed by atoms with Crippen LogP contribution in [0.1, 0.15) is 32.6 Å². The van der Waals surface area contributed by atoms with Gasteiger partial charge in [0.05, 0.1) is 12.1 Å². The van der Waals surface area contributed by atoms with Crippen molar-refractivity contribution in [3.05, 3.63) is 101 Å². The average Bonchev–Trinajstić information content (AvgIpc) is 2.77. The summed E-state index contributed by atoms with van der Waals surface area (Å²) in [6.45, 7) is 5.07. The SMILES string of the molecule is Cc1ccc(CNC(=O)CNc2ccccc2C(=O)NCc2ccc(C)cc2)cc1. The van der Waals surface area contributed by atoms with E-state index in [0.717, 1.165) is 11.1 Å². The molecule has 0 saturated heterocycles. The van der Waals surface area contributed by atoms with Crippen LogP contribution in [0.25, 0.3) is 0 Å². The van der Waals surface area contributed by atoms with E-state index in [9.17, 15) is 9.59 Å². The zero-order valence-corrected chi connectivity index (χ0v) is 17.4. The normalized spacial score (nSPS) is 10.3. The summed E-state index contributed by atoms with van der Waals surface area (Å²) in [6.07, 6.45) is 0. The molecule has 5 heteroatoms. The van der Waals surface area contributed by atoms with Crippen molar-refractivity contribution in [3.8, 4) is 0 Å². The van der Waals surface area contributed by atoms with Gasteiger partial charge in [0.25, 0.3) is 5.91 Å². The van der Waals surface area contributed by atoms with Crippen molar-refractivity contribution in [2.75, 3.05) is 11.9 Å². The molecular weight excluding hydrogens is 374 g/mol. The highest BCUT2D eigenvalue weighted by Crippen LogP contribution is 2.15. The van der Waals surface area contributed by atoms with Gasteiger partial charge in [-0.3, -0.25) is 9.59 Å². The molecule has 30 heavy (non-hydrogen) atoms. The topological polar surface area (TPSA) is 70.2 Å². The van der Waals surface area contributed by atoms with Crippen LogP contribution >= 0.6 is 0 Å². The Morgan fingerprint density at radius 3 is 1.83 bits per heavy atom. The van der Waals surface area contributed by atoms with E-state index in [-0.39, 0.29) is 18.4 Å². The lowest BCUT2D eigenvalue weighted by Crippen LogP contribution is -2.30. The summed E-state index contributed by atoms with van der Waals surface area (Å²) in [5, 5.41) is 8.89. The van der Waals surface area contributed by atoms with E-state index in [1.165, 1.54) is 11.1 Å². The molecule has 0 saturated carbocycles. The molecule has 0 atom stereocenters. The highest BCUT2D eigenvalue weighted by atomic mass is 16.2. The average molecular weight is 402 g/mol. The lowest BCUT2D eigenvalue weighted by Gasteiger charge is -2.13. The summed E-state index contributed by atoms with van der Waals surface area (Å²) < 4.78 is 0. The van der Waals surface area contributed by atoms with Crippen molar-refractivity contribution >= 4 is 17.5 Å². The first-order valence-corrected chi connectivity index (χ1v) is 10.00. The number of carbonyl (C=O) groups is 2. The Labute approximate surface area is 177 Å². The fourth-order valence-electron chi connectivity index (χ4n) is 2.96. The number of anilines is 1. The molecule has 3 aromatic carbocycles. The molecule has 0 spiro atoms. The second-order valence-corrected chi connectivity index (χ2v) is 7.33. The van der Waals surface area contributed by atoms with Crippen molar-refractivity contribution in [2.24, 2.45) is 0 Å². The number of amides is 2. The van der Waals surface area contributed by atoms with Crippen LogP contribution in [0.2, 0.25) is 0 Å². The van der Waals surface area contributed by atoms with Crippen LogP contribution in [0.4, 0.5) is 5.69 Å². The van der Waals surface area contributed by atoms with Gasteiger partial charge in [-0.15, -0.1) is 0 Å². The predicted molar refractivity (Wildman–Crippen MR) is 120 cm³/mol. The van der Waals surface area contributed by atoms with Crippen molar-refractivity contribution < 1.29 is 9.59 Å². The van der Waals surface area contributed by atoms with Crippen molar-refractivity contribution in [1.82, 2.24) is 10.6 Å². The molecule has 5 nitrogen and oxygen atoms in total. The van der Waals surface area contributed by atoms with Crippen LogP contribution in [-0.2, 0) is 17.9 Å². The Bertz CT molecular complexity index is 996. The van der Waals surface area contributed by atoms with Gasteiger partial charge in [-0.2, -0.15) is 0 Å². The molecular formula is C25H27N3O2. The third-order valence-corrected chi connectivity index (χ3v) is 4.80. The van der Waals surface area contributed by atoms with Crippen molar-refractivity contribution in [1.29, 1.82) is 0 Å². The van der Waals surface area contributed by atoms with Crippen LogP contribution < -0.4 is 16.0 Å². The number of carbonyl (C=O) groups excluding carboxylic acids is 2. The first-order chi connectivity index (χ1) is 14.5. The van der Waals surface area contributed by atoms with Crippen LogP contribution in [0.15, 0.2) is 72.8 Å². The Hall–Kier alpha value is -3.60. The molecule has 3 N–H and O–H groups in total. The minimum Gasteiger partial charge on any atom is -0.376 e. The first-order valence-electron chi connectivity index (χ1n) is 10.00. The standard InChI is InChI=1S/C25H27N3O2/c1-18-7-11-20(12-8-18)15-27-24(29)17-26-23-6-4-3-5-22(23)25(30)28-16-21-13-9-19(2)10-14-21/h3-14,26H,15-17H2,1-2H3,(H,27,29)(H,28,30). The molecule has 154 valence electrons. The van der Waals surface area contributed by atoms with E-state index >= 15 is 0 Å². The van der Waals surface area contributed by atoms with Gasteiger partial charge in [-0.25, -0.2) is 0 Å². The van der Waals surface area contributed by atoms with E-state index in [4.69, 9.17) is 0 Å². The highest BCUT2D eigenvalue weighted by molar-refractivity contribution is 6.00. The Morgan fingerprint density at radius 2 is 1.23 bits per heavy atom. The van der Waals surface area contributed by atoms with Gasteiger partial charge >= 0.3 is 0 Å². The molecule has 0 heterocycles.